The molecule has 5 N–H and O–H groups in total. The summed E-state index contributed by atoms with van der Waals surface area (Å²) in [4.78, 5) is 7.55. The fraction of sp³-hybridized carbons (Fsp3) is 0.375. The number of rotatable bonds is 4. The maximum Gasteiger partial charge on any atom is 0.193 e. The highest BCUT2D eigenvalue weighted by atomic mass is 32.2. The van der Waals surface area contributed by atoms with E-state index < -0.39 is 0 Å². The molecule has 0 saturated heterocycles. The second-order valence-corrected chi connectivity index (χ2v) is 3.93. The molecule has 1 aromatic rings. The highest BCUT2D eigenvalue weighted by Crippen LogP contribution is 2.06. The molecule has 0 aromatic carbocycles. The van der Waals surface area contributed by atoms with Crippen molar-refractivity contribution in [1.29, 1.82) is 5.41 Å². The van der Waals surface area contributed by atoms with Gasteiger partial charge in [0.2, 0.25) is 0 Å². The lowest BCUT2D eigenvalue weighted by atomic mass is 10.5. The summed E-state index contributed by atoms with van der Waals surface area (Å²) < 4.78 is 1.99. The maximum absolute atomic E-state index is 7.37. The molecule has 0 saturated carbocycles. The van der Waals surface area contributed by atoms with Gasteiger partial charge in [0, 0.05) is 24.7 Å². The lowest BCUT2D eigenvalue weighted by Gasteiger charge is -2.01. The number of imidazole rings is 1. The van der Waals surface area contributed by atoms with Gasteiger partial charge in [0.05, 0.1) is 6.33 Å². The van der Waals surface area contributed by atoms with E-state index in [0.29, 0.717) is 0 Å². The molecule has 82 valence electrons. The van der Waals surface area contributed by atoms with Crippen molar-refractivity contribution in [3.05, 3.63) is 18.7 Å². The molecule has 0 atom stereocenters. The van der Waals surface area contributed by atoms with Crippen LogP contribution in [0.3, 0.4) is 0 Å². The highest BCUT2D eigenvalue weighted by molar-refractivity contribution is 8.13. The summed E-state index contributed by atoms with van der Waals surface area (Å²) in [6.07, 6.45) is 6.37. The van der Waals surface area contributed by atoms with E-state index in [1.165, 1.54) is 11.8 Å². The first-order valence-corrected chi connectivity index (χ1v) is 5.44. The van der Waals surface area contributed by atoms with Gasteiger partial charge in [-0.05, 0) is 6.42 Å². The zero-order valence-corrected chi connectivity index (χ0v) is 9.07. The number of nitrogens with one attached hydrogen (secondary N) is 1. The number of hydrogen-bond acceptors (Lipinski definition) is 3. The minimum Gasteiger partial charge on any atom is -0.370 e. The van der Waals surface area contributed by atoms with E-state index in [1.807, 2.05) is 10.8 Å². The first-order valence-electron chi connectivity index (χ1n) is 4.45. The lowest BCUT2D eigenvalue weighted by molar-refractivity contribution is 0.684. The van der Waals surface area contributed by atoms with Gasteiger partial charge in [-0.15, -0.1) is 0 Å². The van der Waals surface area contributed by atoms with Crippen molar-refractivity contribution in [2.75, 3.05) is 5.75 Å². The summed E-state index contributed by atoms with van der Waals surface area (Å²) in [6.45, 7) is 0.891. The lowest BCUT2D eigenvalue weighted by Crippen LogP contribution is -2.23. The van der Waals surface area contributed by atoms with Crippen LogP contribution in [0.1, 0.15) is 6.42 Å². The van der Waals surface area contributed by atoms with E-state index in [-0.39, 0.29) is 11.1 Å². The van der Waals surface area contributed by atoms with E-state index in [4.69, 9.17) is 16.9 Å². The van der Waals surface area contributed by atoms with Gasteiger partial charge in [-0.2, -0.15) is 4.99 Å². The number of aliphatic imine (C=N–C) groups is 1. The topological polar surface area (TPSA) is 106 Å². The van der Waals surface area contributed by atoms with Crippen molar-refractivity contribution in [3.63, 3.8) is 0 Å². The van der Waals surface area contributed by atoms with Crippen molar-refractivity contribution in [3.8, 4) is 0 Å². The number of hydrogen-bond donors (Lipinski definition) is 3. The zero-order chi connectivity index (χ0) is 11.1. The summed E-state index contributed by atoms with van der Waals surface area (Å²) in [7, 11) is 0. The fourth-order valence-corrected chi connectivity index (χ4v) is 1.62. The molecule has 0 aliphatic carbocycles. The van der Waals surface area contributed by atoms with Crippen molar-refractivity contribution >= 4 is 22.9 Å². The Hall–Kier alpha value is -1.50. The Kier molecular flexibility index (Phi) is 4.69. The van der Waals surface area contributed by atoms with Gasteiger partial charge >= 0.3 is 0 Å². The number of nitrogens with two attached hydrogens (primary N) is 2. The van der Waals surface area contributed by atoms with Gasteiger partial charge in [0.15, 0.2) is 11.1 Å². The van der Waals surface area contributed by atoms with Crippen LogP contribution in [0.5, 0.6) is 0 Å². The zero-order valence-electron chi connectivity index (χ0n) is 8.26. The fourth-order valence-electron chi connectivity index (χ4n) is 0.984. The standard InChI is InChI=1S/C8H14N6S/c9-7(10)13-8(11)15-5-1-3-14-4-2-12-6-14/h2,4,6H,1,3,5H2,(H5,9,10,11,13). The van der Waals surface area contributed by atoms with Gasteiger partial charge in [0.25, 0.3) is 0 Å². The van der Waals surface area contributed by atoms with Crippen molar-refractivity contribution in [2.24, 2.45) is 16.5 Å². The Morgan fingerprint density at radius 3 is 2.93 bits per heavy atom. The molecule has 1 rings (SSSR count). The average Bonchev–Trinajstić information content (AvgIpc) is 2.63. The molecule has 0 fully saturated rings. The normalized spacial score (nSPS) is 9.87. The summed E-state index contributed by atoms with van der Waals surface area (Å²) in [5.41, 5.74) is 10.3. The molecule has 0 spiro atoms. The monoisotopic (exact) mass is 226 g/mol. The summed E-state index contributed by atoms with van der Waals surface area (Å²) in [6, 6.07) is 0. The number of thioether (sulfide) groups is 1. The predicted octanol–water partition coefficient (Wildman–Crippen LogP) is 0.215. The molecule has 0 aliphatic rings. The third-order valence-corrected chi connectivity index (χ3v) is 2.45. The Bertz CT molecular complexity index is 327. The minimum absolute atomic E-state index is 0.0675. The minimum atomic E-state index is -0.0675. The van der Waals surface area contributed by atoms with Crippen LogP contribution in [-0.2, 0) is 6.54 Å². The van der Waals surface area contributed by atoms with Gasteiger partial charge in [-0.1, -0.05) is 11.8 Å². The van der Waals surface area contributed by atoms with Crippen LogP contribution in [-0.4, -0.2) is 26.4 Å². The molecule has 0 aliphatic heterocycles. The Labute approximate surface area is 92.3 Å². The van der Waals surface area contributed by atoms with E-state index in [2.05, 4.69) is 9.98 Å². The van der Waals surface area contributed by atoms with Crippen LogP contribution >= 0.6 is 11.8 Å². The molecule has 0 radical (unpaired) electrons. The second-order valence-electron chi connectivity index (χ2n) is 2.84. The molecule has 6 nitrogen and oxygen atoms in total. The van der Waals surface area contributed by atoms with E-state index in [0.717, 1.165) is 18.7 Å². The average molecular weight is 226 g/mol. The SMILES string of the molecule is N=C(N=C(N)N)SCCCn1ccnc1. The van der Waals surface area contributed by atoms with Crippen LogP contribution in [0.15, 0.2) is 23.7 Å². The van der Waals surface area contributed by atoms with E-state index in [1.54, 1.807) is 12.5 Å². The third kappa shape index (κ3) is 5.06. The first-order chi connectivity index (χ1) is 7.18. The van der Waals surface area contributed by atoms with Gasteiger partial charge < -0.3 is 16.0 Å². The summed E-state index contributed by atoms with van der Waals surface area (Å²) >= 11 is 1.33. The number of aromatic nitrogens is 2. The van der Waals surface area contributed by atoms with Crippen molar-refractivity contribution in [1.82, 2.24) is 9.55 Å². The first kappa shape index (κ1) is 11.6. The number of aryl methyl sites for hydroxylation is 1. The number of nitrogens with zero attached hydrogens (tertiary/aromatic N) is 3. The van der Waals surface area contributed by atoms with Gasteiger partial charge in [-0.25, -0.2) is 4.98 Å². The van der Waals surface area contributed by atoms with Crippen LogP contribution in [0.4, 0.5) is 0 Å². The molecule has 0 bridgehead atoms. The van der Waals surface area contributed by atoms with Gasteiger partial charge in [0.1, 0.15) is 0 Å². The van der Waals surface area contributed by atoms with E-state index in [9.17, 15) is 0 Å². The third-order valence-electron chi connectivity index (χ3n) is 1.59. The van der Waals surface area contributed by atoms with Crippen LogP contribution in [0.2, 0.25) is 0 Å². The quantitative estimate of drug-likeness (QED) is 0.387. The Balaban J connectivity index is 2.12. The van der Waals surface area contributed by atoms with Gasteiger partial charge in [-0.3, -0.25) is 5.41 Å². The molecular weight excluding hydrogens is 212 g/mol. The smallest absolute Gasteiger partial charge is 0.193 e. The van der Waals surface area contributed by atoms with Crippen molar-refractivity contribution in [2.45, 2.75) is 13.0 Å². The molecule has 0 amide bonds. The molecular formula is C8H14N6S. The van der Waals surface area contributed by atoms with Crippen LogP contribution in [0, 0.1) is 5.41 Å². The molecule has 15 heavy (non-hydrogen) atoms. The largest absolute Gasteiger partial charge is 0.370 e. The molecule has 1 aromatic heterocycles. The molecule has 0 unspecified atom stereocenters. The molecule has 7 heteroatoms. The summed E-state index contributed by atoms with van der Waals surface area (Å²) in [5, 5.41) is 7.52. The second kappa shape index (κ2) is 6.07. The Morgan fingerprint density at radius 2 is 2.33 bits per heavy atom. The Morgan fingerprint density at radius 1 is 1.53 bits per heavy atom. The number of guanidine groups is 1. The maximum atomic E-state index is 7.37. The predicted molar refractivity (Wildman–Crippen MR) is 62.8 cm³/mol. The van der Waals surface area contributed by atoms with Crippen molar-refractivity contribution < 1.29 is 0 Å². The summed E-state index contributed by atoms with van der Waals surface area (Å²) in [5.74, 6) is 0.746. The number of amidine groups is 1. The van der Waals surface area contributed by atoms with Crippen LogP contribution < -0.4 is 11.5 Å². The van der Waals surface area contributed by atoms with Crippen LogP contribution in [0.25, 0.3) is 0 Å². The highest BCUT2D eigenvalue weighted by Gasteiger charge is 1.96. The van der Waals surface area contributed by atoms with E-state index >= 15 is 0 Å². The molecule has 1 heterocycles.